The van der Waals surface area contributed by atoms with Crippen molar-refractivity contribution in [2.75, 3.05) is 6.61 Å². The topological polar surface area (TPSA) is 9.23 Å². The molecule has 117 valence electrons. The number of ether oxygens (including phenoxy) is 1. The molecule has 0 rings (SSSR count). The highest BCUT2D eigenvalue weighted by molar-refractivity contribution is 4.90. The first kappa shape index (κ1) is 19.4. The standard InChI is InChI=1S/C19H35O/c1-3-5-7-8-9-10-11-12-13-14-15-16-17-19-20-18-6-4-2/h2-16,18H2,1H3. The molecule has 0 aliphatic rings. The van der Waals surface area contributed by atoms with Crippen LogP contribution in [0.15, 0.2) is 0 Å². The highest BCUT2D eigenvalue weighted by Gasteiger charge is 1.92. The Morgan fingerprint density at radius 3 is 1.85 bits per heavy atom. The Labute approximate surface area is 127 Å². The summed E-state index contributed by atoms with van der Waals surface area (Å²) in [7, 11) is 0. The summed E-state index contributed by atoms with van der Waals surface area (Å²) >= 11 is 0. The zero-order chi connectivity index (χ0) is 14.7. The van der Waals surface area contributed by atoms with E-state index in [2.05, 4.69) is 25.9 Å². The molecule has 0 aromatic heterocycles. The lowest BCUT2D eigenvalue weighted by Gasteiger charge is -2.01. The van der Waals surface area contributed by atoms with Gasteiger partial charge in [0.15, 0.2) is 0 Å². The molecule has 0 aliphatic carbocycles. The fraction of sp³-hybridized carbons (Fsp3) is 0.842. The Morgan fingerprint density at radius 1 is 0.750 bits per heavy atom. The molecule has 0 bridgehead atoms. The summed E-state index contributed by atoms with van der Waals surface area (Å²) in [5, 5.41) is 0. The van der Waals surface area contributed by atoms with Gasteiger partial charge in [0.1, 0.15) is 12.7 Å². The van der Waals surface area contributed by atoms with E-state index in [1.807, 2.05) is 0 Å². The van der Waals surface area contributed by atoms with Crippen molar-refractivity contribution in [1.29, 1.82) is 0 Å². The quantitative estimate of drug-likeness (QED) is 0.268. The van der Waals surface area contributed by atoms with Crippen LogP contribution in [0.2, 0.25) is 0 Å². The lowest BCUT2D eigenvalue weighted by Crippen LogP contribution is -1.85. The van der Waals surface area contributed by atoms with Crippen molar-refractivity contribution in [3.05, 3.63) is 6.92 Å². The molecule has 0 N–H and O–H groups in total. The van der Waals surface area contributed by atoms with Gasteiger partial charge >= 0.3 is 0 Å². The summed E-state index contributed by atoms with van der Waals surface area (Å²) in [5.41, 5.74) is 0. The van der Waals surface area contributed by atoms with E-state index in [1.165, 1.54) is 70.6 Å². The molecule has 0 aromatic carbocycles. The first-order valence-electron chi connectivity index (χ1n) is 8.80. The van der Waals surface area contributed by atoms with Crippen molar-refractivity contribution in [2.24, 2.45) is 0 Å². The summed E-state index contributed by atoms with van der Waals surface area (Å²) in [6.07, 6.45) is 21.0. The summed E-state index contributed by atoms with van der Waals surface area (Å²) < 4.78 is 5.17. The number of rotatable bonds is 14. The predicted octanol–water partition coefficient (Wildman–Crippen LogP) is 6.28. The third kappa shape index (κ3) is 17.4. The average Bonchev–Trinajstić information content (AvgIpc) is 2.47. The largest absolute Gasteiger partial charge is 0.447 e. The minimum absolute atomic E-state index is 0.731. The van der Waals surface area contributed by atoms with Gasteiger partial charge in [-0.25, -0.2) is 0 Å². The van der Waals surface area contributed by atoms with Crippen LogP contribution in [0.4, 0.5) is 0 Å². The van der Waals surface area contributed by atoms with Gasteiger partial charge in [0.05, 0.1) is 0 Å². The molecule has 20 heavy (non-hydrogen) atoms. The molecule has 1 heteroatoms. The molecule has 0 aromatic rings. The Balaban J connectivity index is 3.02. The Kier molecular flexibility index (Phi) is 17.8. The molecule has 0 spiro atoms. The van der Waals surface area contributed by atoms with Crippen LogP contribution in [0, 0.1) is 19.0 Å². The van der Waals surface area contributed by atoms with E-state index in [0.29, 0.717) is 0 Å². The Bertz CT molecular complexity index is 224. The van der Waals surface area contributed by atoms with Gasteiger partial charge < -0.3 is 4.74 Å². The molecular formula is C19H35O. The summed E-state index contributed by atoms with van der Waals surface area (Å²) in [6, 6.07) is 0. The van der Waals surface area contributed by atoms with Crippen LogP contribution >= 0.6 is 0 Å². The van der Waals surface area contributed by atoms with Gasteiger partial charge in [-0.2, -0.15) is 0 Å². The van der Waals surface area contributed by atoms with E-state index in [9.17, 15) is 0 Å². The van der Waals surface area contributed by atoms with Crippen molar-refractivity contribution in [3.63, 3.8) is 0 Å². The normalized spacial score (nSPS) is 10.1. The molecule has 0 amide bonds. The summed E-state index contributed by atoms with van der Waals surface area (Å²) in [4.78, 5) is 0. The van der Waals surface area contributed by atoms with Gasteiger partial charge in [-0.05, 0) is 12.8 Å². The zero-order valence-corrected chi connectivity index (χ0v) is 13.7. The molecule has 0 unspecified atom stereocenters. The van der Waals surface area contributed by atoms with Crippen molar-refractivity contribution < 1.29 is 4.74 Å². The highest BCUT2D eigenvalue weighted by Crippen LogP contribution is 2.11. The van der Waals surface area contributed by atoms with Crippen molar-refractivity contribution >= 4 is 0 Å². The smallest absolute Gasteiger partial charge is 0.110 e. The van der Waals surface area contributed by atoms with Gasteiger partial charge in [-0.1, -0.05) is 90.4 Å². The Hall–Kier alpha value is -0.640. The third-order valence-electron chi connectivity index (χ3n) is 3.55. The monoisotopic (exact) mass is 279 g/mol. The van der Waals surface area contributed by atoms with Gasteiger partial charge in [0, 0.05) is 6.42 Å². The van der Waals surface area contributed by atoms with Gasteiger partial charge in [-0.15, -0.1) is 0 Å². The lowest BCUT2D eigenvalue weighted by atomic mass is 10.1. The molecule has 0 saturated carbocycles. The van der Waals surface area contributed by atoms with Crippen molar-refractivity contribution in [2.45, 2.75) is 96.8 Å². The van der Waals surface area contributed by atoms with E-state index in [1.54, 1.807) is 0 Å². The molecule has 0 atom stereocenters. The number of hydrogen-bond acceptors (Lipinski definition) is 1. The van der Waals surface area contributed by atoms with E-state index < -0.39 is 0 Å². The first-order chi connectivity index (χ1) is 9.91. The van der Waals surface area contributed by atoms with Gasteiger partial charge in [-0.3, -0.25) is 0 Å². The van der Waals surface area contributed by atoms with Crippen LogP contribution in [-0.4, -0.2) is 6.61 Å². The van der Waals surface area contributed by atoms with E-state index >= 15 is 0 Å². The zero-order valence-electron chi connectivity index (χ0n) is 13.7. The SMILES string of the molecule is [CH2]CCCOC#CCCCCCCCCCCCCC. The van der Waals surface area contributed by atoms with E-state index in [0.717, 1.165) is 25.9 Å². The molecule has 0 saturated heterocycles. The highest BCUT2D eigenvalue weighted by atomic mass is 16.5. The van der Waals surface area contributed by atoms with E-state index in [-0.39, 0.29) is 0 Å². The molecule has 1 nitrogen and oxygen atoms in total. The van der Waals surface area contributed by atoms with Crippen LogP contribution in [0.1, 0.15) is 96.8 Å². The predicted molar refractivity (Wildman–Crippen MR) is 89.4 cm³/mol. The van der Waals surface area contributed by atoms with Crippen LogP contribution in [0.25, 0.3) is 0 Å². The second-order valence-electron chi connectivity index (χ2n) is 5.62. The number of hydrogen-bond donors (Lipinski definition) is 0. The van der Waals surface area contributed by atoms with E-state index in [4.69, 9.17) is 4.74 Å². The summed E-state index contributed by atoms with van der Waals surface area (Å²) in [5.74, 6) is 3.08. The van der Waals surface area contributed by atoms with Gasteiger partial charge in [0.2, 0.25) is 0 Å². The third-order valence-corrected chi connectivity index (χ3v) is 3.55. The minimum atomic E-state index is 0.731. The van der Waals surface area contributed by atoms with Crippen LogP contribution in [0.5, 0.6) is 0 Å². The first-order valence-corrected chi connectivity index (χ1v) is 8.80. The van der Waals surface area contributed by atoms with Crippen molar-refractivity contribution in [3.8, 4) is 12.0 Å². The molecular weight excluding hydrogens is 244 g/mol. The maximum Gasteiger partial charge on any atom is 0.110 e. The number of unbranched alkanes of at least 4 members (excludes halogenated alkanes) is 12. The molecule has 0 aliphatic heterocycles. The fourth-order valence-corrected chi connectivity index (χ4v) is 2.20. The van der Waals surface area contributed by atoms with Crippen molar-refractivity contribution in [1.82, 2.24) is 0 Å². The average molecular weight is 279 g/mol. The molecule has 1 radical (unpaired) electrons. The fourth-order valence-electron chi connectivity index (χ4n) is 2.20. The van der Waals surface area contributed by atoms with Crippen LogP contribution < -0.4 is 0 Å². The van der Waals surface area contributed by atoms with Crippen LogP contribution in [0.3, 0.4) is 0 Å². The minimum Gasteiger partial charge on any atom is -0.447 e. The second kappa shape index (κ2) is 18.4. The van der Waals surface area contributed by atoms with Gasteiger partial charge in [0.25, 0.3) is 0 Å². The maximum absolute atomic E-state index is 5.17. The second-order valence-corrected chi connectivity index (χ2v) is 5.62. The Morgan fingerprint density at radius 2 is 1.30 bits per heavy atom. The lowest BCUT2D eigenvalue weighted by molar-refractivity contribution is 0.272. The maximum atomic E-state index is 5.17. The van der Waals surface area contributed by atoms with Crippen LogP contribution in [-0.2, 0) is 4.74 Å². The summed E-state index contributed by atoms with van der Waals surface area (Å²) in [6.45, 7) is 6.77. The molecule has 0 fully saturated rings. The molecule has 0 heterocycles.